The molecule has 1 aromatic heterocycles. The van der Waals surface area contributed by atoms with E-state index in [1.807, 2.05) is 17.0 Å². The van der Waals surface area contributed by atoms with E-state index in [1.165, 1.54) is 12.1 Å². The molecule has 4 rings (SSSR count). The molecule has 28 heavy (non-hydrogen) atoms. The zero-order valence-corrected chi connectivity index (χ0v) is 16.3. The van der Waals surface area contributed by atoms with Crippen molar-refractivity contribution in [2.45, 2.75) is 51.0 Å². The van der Waals surface area contributed by atoms with Crippen LogP contribution in [0.15, 0.2) is 47.1 Å². The van der Waals surface area contributed by atoms with Gasteiger partial charge in [-0.2, -0.15) is 0 Å². The van der Waals surface area contributed by atoms with Gasteiger partial charge in [0.2, 0.25) is 5.91 Å². The lowest BCUT2D eigenvalue weighted by Gasteiger charge is -2.44. The Morgan fingerprint density at radius 1 is 1.14 bits per heavy atom. The van der Waals surface area contributed by atoms with Gasteiger partial charge < -0.3 is 9.32 Å². The largest absolute Gasteiger partial charge is 0.468 e. The van der Waals surface area contributed by atoms with Gasteiger partial charge in [-0.3, -0.25) is 9.69 Å². The summed E-state index contributed by atoms with van der Waals surface area (Å²) in [5.41, 5.74) is 7.30. The summed E-state index contributed by atoms with van der Waals surface area (Å²) in [7, 11) is 0. The Morgan fingerprint density at radius 3 is 2.64 bits per heavy atom. The minimum absolute atomic E-state index is 0.00233. The van der Waals surface area contributed by atoms with Gasteiger partial charge in [0.15, 0.2) is 0 Å². The highest BCUT2D eigenvalue weighted by Gasteiger charge is 2.38. The average molecular weight is 386 g/mol. The number of hydrogen-bond acceptors (Lipinski definition) is 5. The van der Waals surface area contributed by atoms with E-state index < -0.39 is 0 Å². The molecular formula is C21H27FN4O2. The van der Waals surface area contributed by atoms with Crippen LogP contribution in [0.3, 0.4) is 0 Å². The highest BCUT2D eigenvalue weighted by molar-refractivity contribution is 5.82. The fraction of sp³-hybridized carbons (Fsp3) is 0.476. The molecule has 150 valence electrons. The van der Waals surface area contributed by atoms with Gasteiger partial charge in [0.25, 0.3) is 0 Å². The van der Waals surface area contributed by atoms with Crippen LogP contribution in [0.2, 0.25) is 0 Å². The third-order valence-electron chi connectivity index (χ3n) is 5.81. The number of benzene rings is 1. The molecule has 1 aromatic carbocycles. The molecule has 1 amide bonds. The van der Waals surface area contributed by atoms with E-state index in [0.717, 1.165) is 24.4 Å². The monoisotopic (exact) mass is 386 g/mol. The third-order valence-corrected chi connectivity index (χ3v) is 5.81. The molecule has 0 aliphatic carbocycles. The van der Waals surface area contributed by atoms with Crippen molar-refractivity contribution in [2.75, 3.05) is 13.1 Å². The number of carbonyl (C=O) groups excluding carboxylic acids is 1. The van der Waals surface area contributed by atoms with Crippen LogP contribution in [0.1, 0.15) is 37.6 Å². The Hall–Kier alpha value is -2.22. The van der Waals surface area contributed by atoms with Crippen LogP contribution in [-0.4, -0.2) is 46.9 Å². The van der Waals surface area contributed by atoms with Crippen molar-refractivity contribution in [1.29, 1.82) is 0 Å². The summed E-state index contributed by atoms with van der Waals surface area (Å²) in [6.07, 6.45) is 2.34. The molecule has 2 fully saturated rings. The third kappa shape index (κ3) is 3.97. The first kappa shape index (κ1) is 19.1. The van der Waals surface area contributed by atoms with E-state index in [0.29, 0.717) is 13.0 Å². The molecule has 0 spiro atoms. The maximum Gasteiger partial charge on any atom is 0.241 e. The number of hydrogen-bond donors (Lipinski definition) is 2. The molecule has 0 saturated carbocycles. The molecule has 2 unspecified atom stereocenters. The molecule has 6 nitrogen and oxygen atoms in total. The highest BCUT2D eigenvalue weighted by Crippen LogP contribution is 2.25. The van der Waals surface area contributed by atoms with Gasteiger partial charge in [-0.25, -0.2) is 15.2 Å². The van der Waals surface area contributed by atoms with Gasteiger partial charge in [0.05, 0.1) is 12.8 Å². The van der Waals surface area contributed by atoms with Crippen molar-refractivity contribution in [3.05, 3.63) is 59.8 Å². The van der Waals surface area contributed by atoms with Crippen LogP contribution >= 0.6 is 0 Å². The predicted molar refractivity (Wildman–Crippen MR) is 104 cm³/mol. The summed E-state index contributed by atoms with van der Waals surface area (Å²) in [5.74, 6) is 0.814. The molecule has 2 aliphatic heterocycles. The second-order valence-electron chi connectivity index (χ2n) is 7.88. The summed E-state index contributed by atoms with van der Waals surface area (Å²) < 4.78 is 18.6. The first-order valence-corrected chi connectivity index (χ1v) is 9.84. The first-order chi connectivity index (χ1) is 13.5. The van der Waals surface area contributed by atoms with E-state index in [4.69, 9.17) is 4.42 Å². The average Bonchev–Trinajstić information content (AvgIpc) is 3.36. The van der Waals surface area contributed by atoms with Crippen LogP contribution in [0, 0.1) is 5.82 Å². The SMILES string of the molecule is C[C@@H]1CN(C(=O)C2CC(c3ccc(F)cc3)NN2)[C@H](C)CN1Cc1ccco1. The van der Waals surface area contributed by atoms with E-state index in [2.05, 4.69) is 29.6 Å². The number of piperazine rings is 1. The van der Waals surface area contributed by atoms with E-state index in [-0.39, 0.29) is 35.9 Å². The van der Waals surface area contributed by atoms with Crippen LogP contribution in [0.5, 0.6) is 0 Å². The second kappa shape index (κ2) is 8.03. The van der Waals surface area contributed by atoms with Crippen LogP contribution in [0.4, 0.5) is 4.39 Å². The number of amides is 1. The summed E-state index contributed by atoms with van der Waals surface area (Å²) in [4.78, 5) is 17.5. The molecule has 0 radical (unpaired) electrons. The minimum Gasteiger partial charge on any atom is -0.468 e. The zero-order valence-electron chi connectivity index (χ0n) is 16.3. The smallest absolute Gasteiger partial charge is 0.241 e. The summed E-state index contributed by atoms with van der Waals surface area (Å²) in [5, 5.41) is 0. The normalized spacial score (nSPS) is 28.6. The molecular weight excluding hydrogens is 359 g/mol. The standard InChI is InChI=1S/C21H27FN4O2/c1-14-12-26(15(2)11-25(14)13-18-4-3-9-28-18)21(27)20-10-19(23-24-20)16-5-7-17(22)8-6-16/h3-9,14-15,19-20,23-24H,10-13H2,1-2H3/t14-,15-,19?,20?/m1/s1. The Bertz CT molecular complexity index is 795. The van der Waals surface area contributed by atoms with Gasteiger partial charge in [-0.05, 0) is 50.1 Å². The molecule has 2 saturated heterocycles. The van der Waals surface area contributed by atoms with Crippen molar-refractivity contribution >= 4 is 5.91 Å². The molecule has 0 bridgehead atoms. The maximum atomic E-state index is 13.1. The van der Waals surface area contributed by atoms with Crippen LogP contribution < -0.4 is 10.9 Å². The van der Waals surface area contributed by atoms with Gasteiger partial charge in [0.1, 0.15) is 17.6 Å². The number of nitrogens with zero attached hydrogens (tertiary/aromatic N) is 2. The van der Waals surface area contributed by atoms with Crippen LogP contribution in [-0.2, 0) is 11.3 Å². The first-order valence-electron chi connectivity index (χ1n) is 9.84. The number of halogens is 1. The Balaban J connectivity index is 1.36. The minimum atomic E-state index is -0.277. The van der Waals surface area contributed by atoms with Crippen molar-refractivity contribution in [2.24, 2.45) is 0 Å². The van der Waals surface area contributed by atoms with Crippen molar-refractivity contribution < 1.29 is 13.6 Å². The van der Waals surface area contributed by atoms with E-state index >= 15 is 0 Å². The lowest BCUT2D eigenvalue weighted by Crippen LogP contribution is -2.60. The Morgan fingerprint density at radius 2 is 1.93 bits per heavy atom. The number of carbonyl (C=O) groups is 1. The molecule has 3 heterocycles. The Kier molecular flexibility index (Phi) is 5.48. The summed E-state index contributed by atoms with van der Waals surface area (Å²) >= 11 is 0. The second-order valence-corrected chi connectivity index (χ2v) is 7.88. The van der Waals surface area contributed by atoms with Crippen LogP contribution in [0.25, 0.3) is 0 Å². The van der Waals surface area contributed by atoms with Gasteiger partial charge >= 0.3 is 0 Å². The molecule has 4 atom stereocenters. The Labute approximate surface area is 164 Å². The summed E-state index contributed by atoms with van der Waals surface area (Å²) in [6, 6.07) is 10.4. The number of nitrogens with one attached hydrogen (secondary N) is 2. The summed E-state index contributed by atoms with van der Waals surface area (Å²) in [6.45, 7) is 6.52. The molecule has 2 N–H and O–H groups in total. The number of rotatable bonds is 4. The quantitative estimate of drug-likeness (QED) is 0.845. The van der Waals surface area contributed by atoms with E-state index in [1.54, 1.807) is 18.4 Å². The van der Waals surface area contributed by atoms with Gasteiger partial charge in [0, 0.05) is 31.2 Å². The fourth-order valence-corrected chi connectivity index (χ4v) is 4.16. The van der Waals surface area contributed by atoms with Gasteiger partial charge in [-0.15, -0.1) is 0 Å². The molecule has 7 heteroatoms. The van der Waals surface area contributed by atoms with Gasteiger partial charge in [-0.1, -0.05) is 12.1 Å². The maximum absolute atomic E-state index is 13.1. The van der Waals surface area contributed by atoms with Crippen molar-refractivity contribution in [3.8, 4) is 0 Å². The number of furan rings is 1. The molecule has 2 aromatic rings. The van der Waals surface area contributed by atoms with Crippen molar-refractivity contribution in [3.63, 3.8) is 0 Å². The number of hydrazine groups is 1. The topological polar surface area (TPSA) is 60.8 Å². The zero-order chi connectivity index (χ0) is 19.7. The lowest BCUT2D eigenvalue weighted by molar-refractivity contribution is -0.139. The predicted octanol–water partition coefficient (Wildman–Crippen LogP) is 2.45. The fourth-order valence-electron chi connectivity index (χ4n) is 4.16. The lowest BCUT2D eigenvalue weighted by atomic mass is 10.00. The van der Waals surface area contributed by atoms with E-state index in [9.17, 15) is 9.18 Å². The van der Waals surface area contributed by atoms with Crippen molar-refractivity contribution in [1.82, 2.24) is 20.7 Å². The molecule has 2 aliphatic rings. The highest BCUT2D eigenvalue weighted by atomic mass is 19.1.